The van der Waals surface area contributed by atoms with Crippen molar-refractivity contribution in [1.82, 2.24) is 4.98 Å². The van der Waals surface area contributed by atoms with Crippen LogP contribution in [0.1, 0.15) is 22.3 Å². The standard InChI is InChI=1S/C11H11ClN2O2S/c1-3-7-14-6-4-5(11(15)16-2)9(13)8(12)10(6)17-7/h4H,3,13H2,1-2H3. The Labute approximate surface area is 107 Å². The Morgan fingerprint density at radius 2 is 2.35 bits per heavy atom. The lowest BCUT2D eigenvalue weighted by molar-refractivity contribution is 0.0602. The quantitative estimate of drug-likeness (QED) is 0.673. The molecule has 6 heteroatoms. The molecule has 17 heavy (non-hydrogen) atoms. The molecule has 0 aliphatic rings. The van der Waals surface area contributed by atoms with Crippen molar-refractivity contribution in [3.63, 3.8) is 0 Å². The van der Waals surface area contributed by atoms with Crippen LogP contribution in [0, 0.1) is 0 Å². The minimum Gasteiger partial charge on any atom is -0.465 e. The van der Waals surface area contributed by atoms with Gasteiger partial charge >= 0.3 is 5.97 Å². The monoisotopic (exact) mass is 270 g/mol. The van der Waals surface area contributed by atoms with E-state index in [0.717, 1.165) is 16.1 Å². The fourth-order valence-corrected chi connectivity index (χ4v) is 2.77. The Morgan fingerprint density at radius 3 is 2.94 bits per heavy atom. The van der Waals surface area contributed by atoms with E-state index in [9.17, 15) is 4.79 Å². The first kappa shape index (κ1) is 12.1. The van der Waals surface area contributed by atoms with E-state index in [1.807, 2.05) is 6.92 Å². The van der Waals surface area contributed by atoms with Crippen LogP contribution < -0.4 is 5.73 Å². The van der Waals surface area contributed by atoms with Gasteiger partial charge in [0, 0.05) is 0 Å². The average molecular weight is 271 g/mol. The van der Waals surface area contributed by atoms with Crippen LogP contribution in [0.25, 0.3) is 10.2 Å². The summed E-state index contributed by atoms with van der Waals surface area (Å²) in [5.74, 6) is -0.502. The van der Waals surface area contributed by atoms with Gasteiger partial charge in [-0.3, -0.25) is 0 Å². The molecule has 0 spiro atoms. The lowest BCUT2D eigenvalue weighted by atomic mass is 10.1. The molecule has 90 valence electrons. The Balaban J connectivity index is 2.72. The van der Waals surface area contributed by atoms with Crippen molar-refractivity contribution in [2.75, 3.05) is 12.8 Å². The Morgan fingerprint density at radius 1 is 1.65 bits per heavy atom. The second-order valence-electron chi connectivity index (χ2n) is 3.45. The van der Waals surface area contributed by atoms with Gasteiger partial charge in [-0.25, -0.2) is 9.78 Å². The van der Waals surface area contributed by atoms with Crippen molar-refractivity contribution in [2.45, 2.75) is 13.3 Å². The minimum absolute atomic E-state index is 0.248. The molecule has 0 aliphatic heterocycles. The molecule has 1 aromatic heterocycles. The Bertz CT molecular complexity index is 595. The van der Waals surface area contributed by atoms with Gasteiger partial charge in [0.1, 0.15) is 0 Å². The van der Waals surface area contributed by atoms with E-state index in [1.54, 1.807) is 6.07 Å². The summed E-state index contributed by atoms with van der Waals surface area (Å²) in [4.78, 5) is 15.9. The molecule has 4 nitrogen and oxygen atoms in total. The zero-order valence-corrected chi connectivity index (χ0v) is 11.0. The number of nitrogen functional groups attached to an aromatic ring is 1. The van der Waals surface area contributed by atoms with Crippen molar-refractivity contribution >= 4 is 44.8 Å². The number of fused-ring (bicyclic) bond motifs is 1. The number of anilines is 1. The van der Waals surface area contributed by atoms with Gasteiger partial charge in [0.25, 0.3) is 0 Å². The number of carbonyl (C=O) groups excluding carboxylic acids is 1. The molecule has 0 fully saturated rings. The normalized spacial score (nSPS) is 10.8. The molecular formula is C11H11ClN2O2S. The predicted molar refractivity (Wildman–Crippen MR) is 69.8 cm³/mol. The highest BCUT2D eigenvalue weighted by Crippen LogP contribution is 2.36. The van der Waals surface area contributed by atoms with Crippen LogP contribution in [0.15, 0.2) is 6.07 Å². The van der Waals surface area contributed by atoms with E-state index in [-0.39, 0.29) is 11.3 Å². The third-order valence-electron chi connectivity index (χ3n) is 2.41. The van der Waals surface area contributed by atoms with Crippen LogP contribution in [0.3, 0.4) is 0 Å². The molecule has 0 atom stereocenters. The van der Waals surface area contributed by atoms with Gasteiger partial charge in [0.2, 0.25) is 0 Å². The fraction of sp³-hybridized carbons (Fsp3) is 0.273. The van der Waals surface area contributed by atoms with Gasteiger partial charge in [-0.15, -0.1) is 11.3 Å². The highest BCUT2D eigenvalue weighted by molar-refractivity contribution is 7.19. The summed E-state index contributed by atoms with van der Waals surface area (Å²) in [7, 11) is 1.30. The first-order valence-electron chi connectivity index (χ1n) is 5.04. The first-order valence-corrected chi connectivity index (χ1v) is 6.23. The number of esters is 1. The molecule has 1 heterocycles. The maximum atomic E-state index is 11.5. The topological polar surface area (TPSA) is 65.2 Å². The van der Waals surface area contributed by atoms with E-state index in [0.29, 0.717) is 10.5 Å². The maximum Gasteiger partial charge on any atom is 0.340 e. The molecule has 0 saturated heterocycles. The van der Waals surface area contributed by atoms with Crippen LogP contribution in [-0.2, 0) is 11.2 Å². The van der Waals surface area contributed by atoms with Crippen LogP contribution >= 0.6 is 22.9 Å². The molecule has 0 radical (unpaired) electrons. The molecule has 0 amide bonds. The van der Waals surface area contributed by atoms with Gasteiger partial charge in [0.05, 0.1) is 38.6 Å². The second kappa shape index (κ2) is 4.50. The summed E-state index contributed by atoms with van der Waals surface area (Å²) in [6, 6.07) is 1.62. The van der Waals surface area contributed by atoms with Crippen LogP contribution in [-0.4, -0.2) is 18.1 Å². The number of aryl methyl sites for hydroxylation is 1. The zero-order valence-electron chi connectivity index (χ0n) is 9.41. The van der Waals surface area contributed by atoms with Gasteiger partial charge in [-0.1, -0.05) is 18.5 Å². The number of methoxy groups -OCH3 is 1. The highest BCUT2D eigenvalue weighted by atomic mass is 35.5. The average Bonchev–Trinajstić information content (AvgIpc) is 2.76. The number of hydrogen-bond donors (Lipinski definition) is 1. The predicted octanol–water partition coefficient (Wildman–Crippen LogP) is 2.88. The number of carbonyl (C=O) groups is 1. The largest absolute Gasteiger partial charge is 0.465 e. The van der Waals surface area contributed by atoms with Crippen LogP contribution in [0.2, 0.25) is 5.02 Å². The number of thiazole rings is 1. The van der Waals surface area contributed by atoms with E-state index >= 15 is 0 Å². The van der Waals surface area contributed by atoms with Crippen molar-refractivity contribution in [1.29, 1.82) is 0 Å². The summed E-state index contributed by atoms with van der Waals surface area (Å²) in [6.45, 7) is 2.01. The summed E-state index contributed by atoms with van der Waals surface area (Å²) in [5.41, 5.74) is 7.02. The SMILES string of the molecule is CCc1nc2cc(C(=O)OC)c(N)c(Cl)c2s1. The number of nitrogens with two attached hydrogens (primary N) is 1. The lowest BCUT2D eigenvalue weighted by Gasteiger charge is -2.05. The molecule has 2 N–H and O–H groups in total. The Kier molecular flexibility index (Phi) is 3.22. The number of rotatable bonds is 2. The van der Waals surface area contributed by atoms with Crippen molar-refractivity contribution in [3.05, 3.63) is 21.7 Å². The number of hydrogen-bond acceptors (Lipinski definition) is 5. The minimum atomic E-state index is -0.502. The summed E-state index contributed by atoms with van der Waals surface area (Å²) < 4.78 is 5.47. The van der Waals surface area contributed by atoms with E-state index in [4.69, 9.17) is 17.3 Å². The summed E-state index contributed by atoms with van der Waals surface area (Å²) in [5, 5.41) is 1.34. The molecule has 2 rings (SSSR count). The molecule has 0 bridgehead atoms. The number of aromatic nitrogens is 1. The molecule has 0 unspecified atom stereocenters. The molecule has 1 aromatic carbocycles. The number of benzene rings is 1. The van der Waals surface area contributed by atoms with Crippen LogP contribution in [0.4, 0.5) is 5.69 Å². The molecular weight excluding hydrogens is 260 g/mol. The molecule has 0 aliphatic carbocycles. The van der Waals surface area contributed by atoms with Gasteiger partial charge in [-0.05, 0) is 12.5 Å². The van der Waals surface area contributed by atoms with E-state index < -0.39 is 5.97 Å². The third-order valence-corrected chi connectivity index (χ3v) is 4.15. The van der Waals surface area contributed by atoms with Crippen molar-refractivity contribution in [3.8, 4) is 0 Å². The number of halogens is 1. The van der Waals surface area contributed by atoms with Crippen molar-refractivity contribution in [2.24, 2.45) is 0 Å². The van der Waals surface area contributed by atoms with E-state index in [1.165, 1.54) is 18.4 Å². The van der Waals surface area contributed by atoms with E-state index in [2.05, 4.69) is 9.72 Å². The second-order valence-corrected chi connectivity index (χ2v) is 4.91. The smallest absolute Gasteiger partial charge is 0.340 e. The third kappa shape index (κ3) is 1.96. The first-order chi connectivity index (χ1) is 8.08. The zero-order chi connectivity index (χ0) is 12.6. The maximum absolute atomic E-state index is 11.5. The van der Waals surface area contributed by atoms with Gasteiger partial charge < -0.3 is 10.5 Å². The summed E-state index contributed by atoms with van der Waals surface area (Å²) in [6.07, 6.45) is 0.823. The lowest BCUT2D eigenvalue weighted by Crippen LogP contribution is -2.06. The number of ether oxygens (including phenoxy) is 1. The highest BCUT2D eigenvalue weighted by Gasteiger charge is 2.18. The number of nitrogens with zero attached hydrogens (tertiary/aromatic N) is 1. The molecule has 2 aromatic rings. The summed E-state index contributed by atoms with van der Waals surface area (Å²) >= 11 is 7.63. The molecule has 0 saturated carbocycles. The van der Waals surface area contributed by atoms with Crippen molar-refractivity contribution < 1.29 is 9.53 Å². The van der Waals surface area contributed by atoms with Crippen LogP contribution in [0.5, 0.6) is 0 Å². The Hall–Kier alpha value is -1.33. The van der Waals surface area contributed by atoms with Gasteiger partial charge in [0.15, 0.2) is 0 Å². The van der Waals surface area contributed by atoms with Gasteiger partial charge in [-0.2, -0.15) is 0 Å². The fourth-order valence-electron chi connectivity index (χ4n) is 1.52.